The minimum Gasteiger partial charge on any atom is -0.444 e. The quantitative estimate of drug-likeness (QED) is 0.420. The third-order valence-electron chi connectivity index (χ3n) is 4.19. The van der Waals surface area contributed by atoms with Crippen molar-refractivity contribution in [1.82, 2.24) is 20.1 Å². The van der Waals surface area contributed by atoms with Crippen molar-refractivity contribution in [3.63, 3.8) is 0 Å². The second kappa shape index (κ2) is 10.1. The minimum atomic E-state index is -0.475. The van der Waals surface area contributed by atoms with Gasteiger partial charge in [0.1, 0.15) is 5.60 Å². The topological polar surface area (TPSA) is 88.0 Å². The number of nitrogens with zero attached hydrogens (tertiary/aromatic N) is 3. The zero-order valence-corrected chi connectivity index (χ0v) is 17.4. The van der Waals surface area contributed by atoms with Gasteiger partial charge in [-0.05, 0) is 46.6 Å². The maximum atomic E-state index is 12.0. The van der Waals surface area contributed by atoms with Gasteiger partial charge in [-0.25, -0.2) is 4.79 Å². The van der Waals surface area contributed by atoms with E-state index in [-0.39, 0.29) is 17.7 Å². The van der Waals surface area contributed by atoms with Crippen molar-refractivity contribution in [3.8, 4) is 0 Å². The molecule has 0 saturated carbocycles. The molecular formula is C20H33N5O3. The molecule has 0 aromatic carbocycles. The maximum Gasteiger partial charge on any atom is 0.410 e. The van der Waals surface area contributed by atoms with Gasteiger partial charge in [0.15, 0.2) is 5.96 Å². The molecule has 1 saturated heterocycles. The largest absolute Gasteiger partial charge is 0.444 e. The number of hydrogen-bond acceptors (Lipinski definition) is 4. The minimum absolute atomic E-state index is 0.0283. The summed E-state index contributed by atoms with van der Waals surface area (Å²) in [6.07, 6.45) is 3.32. The Morgan fingerprint density at radius 3 is 2.68 bits per heavy atom. The first kappa shape index (κ1) is 21.8. The average molecular weight is 392 g/mol. The van der Waals surface area contributed by atoms with Gasteiger partial charge in [-0.15, -0.1) is 0 Å². The molecule has 1 aliphatic rings. The molecule has 0 atom stereocenters. The lowest BCUT2D eigenvalue weighted by Crippen LogP contribution is -2.63. The van der Waals surface area contributed by atoms with Gasteiger partial charge in [0.2, 0.25) is 5.56 Å². The highest BCUT2D eigenvalue weighted by molar-refractivity contribution is 5.80. The molecule has 0 unspecified atom stereocenters. The number of unbranched alkanes of at least 4 members (excludes halogenated alkanes) is 1. The first-order chi connectivity index (χ1) is 13.3. The van der Waals surface area contributed by atoms with Crippen LogP contribution in [0.15, 0.2) is 34.2 Å². The highest BCUT2D eigenvalue weighted by atomic mass is 16.6. The summed E-state index contributed by atoms with van der Waals surface area (Å²) in [4.78, 5) is 29.9. The number of nitrogens with one attached hydrogen (secondary N) is 2. The Balaban J connectivity index is 1.70. The van der Waals surface area contributed by atoms with Gasteiger partial charge < -0.3 is 24.8 Å². The van der Waals surface area contributed by atoms with Crippen molar-refractivity contribution < 1.29 is 9.53 Å². The van der Waals surface area contributed by atoms with E-state index in [1.165, 1.54) is 0 Å². The van der Waals surface area contributed by atoms with Crippen LogP contribution in [0.1, 0.15) is 40.5 Å². The Bertz CT molecular complexity index is 717. The molecule has 0 radical (unpaired) electrons. The van der Waals surface area contributed by atoms with Crippen LogP contribution in [0, 0.1) is 0 Å². The van der Waals surface area contributed by atoms with Gasteiger partial charge in [0.05, 0.1) is 6.04 Å². The molecule has 1 aromatic rings. The third-order valence-corrected chi connectivity index (χ3v) is 4.19. The monoisotopic (exact) mass is 391 g/mol. The fourth-order valence-electron chi connectivity index (χ4n) is 2.79. The number of ether oxygens (including phenoxy) is 1. The van der Waals surface area contributed by atoms with Crippen LogP contribution in [-0.2, 0) is 11.3 Å². The van der Waals surface area contributed by atoms with Crippen LogP contribution in [-0.4, -0.2) is 59.3 Å². The van der Waals surface area contributed by atoms with Gasteiger partial charge >= 0.3 is 6.09 Å². The first-order valence-electron chi connectivity index (χ1n) is 9.96. The Morgan fingerprint density at radius 1 is 1.29 bits per heavy atom. The number of likely N-dealkylation sites (tertiary alicyclic amines) is 1. The van der Waals surface area contributed by atoms with E-state index in [2.05, 4.69) is 15.6 Å². The lowest BCUT2D eigenvalue weighted by Gasteiger charge is -2.40. The van der Waals surface area contributed by atoms with Crippen molar-refractivity contribution in [2.45, 2.75) is 58.7 Å². The molecular weight excluding hydrogens is 358 g/mol. The highest BCUT2D eigenvalue weighted by Gasteiger charge is 2.34. The highest BCUT2D eigenvalue weighted by Crippen LogP contribution is 2.15. The number of carbonyl (C=O) groups excluding carboxylic acids is 1. The van der Waals surface area contributed by atoms with Crippen LogP contribution < -0.4 is 16.2 Å². The number of guanidine groups is 1. The summed E-state index contributed by atoms with van der Waals surface area (Å²) in [6.45, 7) is 11.0. The summed E-state index contributed by atoms with van der Waals surface area (Å²) in [7, 11) is 0. The van der Waals surface area contributed by atoms with E-state index in [0.29, 0.717) is 26.2 Å². The van der Waals surface area contributed by atoms with Crippen LogP contribution >= 0.6 is 0 Å². The molecule has 28 heavy (non-hydrogen) atoms. The fourth-order valence-corrected chi connectivity index (χ4v) is 2.79. The summed E-state index contributed by atoms with van der Waals surface area (Å²) in [5.74, 6) is 0.758. The second-order valence-electron chi connectivity index (χ2n) is 7.93. The standard InChI is InChI=1S/C20H33N5O3/c1-5-21-18(22-11-7-9-13-24-12-8-6-10-17(24)26)23-16-14-25(15-16)19(27)28-20(2,3)4/h6,8,10,12,16H,5,7,9,11,13-15H2,1-4H3,(H2,21,22,23). The lowest BCUT2D eigenvalue weighted by atomic mass is 10.1. The van der Waals surface area contributed by atoms with Crippen molar-refractivity contribution in [2.75, 3.05) is 26.2 Å². The van der Waals surface area contributed by atoms with Crippen LogP contribution in [0.25, 0.3) is 0 Å². The van der Waals surface area contributed by atoms with Crippen LogP contribution in [0.4, 0.5) is 4.79 Å². The third kappa shape index (κ3) is 7.25. The van der Waals surface area contributed by atoms with E-state index < -0.39 is 5.60 Å². The van der Waals surface area contributed by atoms with Crippen LogP contribution in [0.3, 0.4) is 0 Å². The number of amides is 1. The molecule has 2 rings (SSSR count). The Hall–Kier alpha value is -2.51. The fraction of sp³-hybridized carbons (Fsp3) is 0.650. The summed E-state index contributed by atoms with van der Waals surface area (Å²) >= 11 is 0. The molecule has 2 heterocycles. The van der Waals surface area contributed by atoms with E-state index in [1.54, 1.807) is 21.6 Å². The number of rotatable bonds is 7. The second-order valence-corrected chi connectivity index (χ2v) is 7.93. The zero-order chi connectivity index (χ0) is 20.6. The molecule has 0 spiro atoms. The predicted octanol–water partition coefficient (Wildman–Crippen LogP) is 1.80. The van der Waals surface area contributed by atoms with Crippen LogP contribution in [0.5, 0.6) is 0 Å². The first-order valence-corrected chi connectivity index (χ1v) is 9.96. The molecule has 1 amide bonds. The van der Waals surface area contributed by atoms with E-state index >= 15 is 0 Å². The van der Waals surface area contributed by atoms with Gasteiger partial charge in [0, 0.05) is 45.0 Å². The molecule has 8 nitrogen and oxygen atoms in total. The van der Waals surface area contributed by atoms with Crippen molar-refractivity contribution in [2.24, 2.45) is 4.99 Å². The summed E-state index contributed by atoms with van der Waals surface area (Å²) < 4.78 is 7.08. The van der Waals surface area contributed by atoms with Gasteiger partial charge in [-0.2, -0.15) is 0 Å². The average Bonchev–Trinajstić information content (AvgIpc) is 2.57. The number of aromatic nitrogens is 1. The summed E-state index contributed by atoms with van der Waals surface area (Å²) in [6, 6.07) is 5.37. The molecule has 1 fully saturated rings. The lowest BCUT2D eigenvalue weighted by molar-refractivity contribution is 0.00701. The number of pyridine rings is 1. The molecule has 0 bridgehead atoms. The molecule has 1 aromatic heterocycles. The summed E-state index contributed by atoms with van der Waals surface area (Å²) in [5, 5.41) is 6.58. The van der Waals surface area contributed by atoms with Gasteiger partial charge in [-0.3, -0.25) is 9.79 Å². The zero-order valence-electron chi connectivity index (χ0n) is 17.4. The molecule has 1 aliphatic heterocycles. The molecule has 2 N–H and O–H groups in total. The van der Waals surface area contributed by atoms with E-state index in [1.807, 2.05) is 40.0 Å². The van der Waals surface area contributed by atoms with Gasteiger partial charge in [0.25, 0.3) is 0 Å². The number of carbonyl (C=O) groups is 1. The van der Waals surface area contributed by atoms with Crippen molar-refractivity contribution in [3.05, 3.63) is 34.7 Å². The van der Waals surface area contributed by atoms with E-state index in [9.17, 15) is 9.59 Å². The number of aryl methyl sites for hydroxylation is 1. The smallest absolute Gasteiger partial charge is 0.410 e. The van der Waals surface area contributed by atoms with E-state index in [0.717, 1.165) is 25.3 Å². The van der Waals surface area contributed by atoms with Crippen LogP contribution in [0.2, 0.25) is 0 Å². The van der Waals surface area contributed by atoms with E-state index in [4.69, 9.17) is 4.74 Å². The Morgan fingerprint density at radius 2 is 2.04 bits per heavy atom. The SMILES string of the molecule is CCNC(=NCCCCn1ccccc1=O)NC1CN(C(=O)OC(C)(C)C)C1. The van der Waals surface area contributed by atoms with Crippen molar-refractivity contribution in [1.29, 1.82) is 0 Å². The van der Waals surface area contributed by atoms with Gasteiger partial charge in [-0.1, -0.05) is 6.07 Å². The summed E-state index contributed by atoms with van der Waals surface area (Å²) in [5.41, 5.74) is -0.447. The Kier molecular flexibility index (Phi) is 7.90. The molecule has 0 aliphatic carbocycles. The normalized spacial score (nSPS) is 15.1. The molecule has 156 valence electrons. The van der Waals surface area contributed by atoms with Crippen molar-refractivity contribution >= 4 is 12.1 Å². The maximum absolute atomic E-state index is 12.0. The Labute approximate surface area is 167 Å². The molecule has 8 heteroatoms. The number of aliphatic imine (C=N–C) groups is 1. The number of hydrogen-bond donors (Lipinski definition) is 2. The predicted molar refractivity (Wildman–Crippen MR) is 111 cm³/mol.